The van der Waals surface area contributed by atoms with Gasteiger partial charge in [-0.05, 0) is 48.7 Å². The standard InChI is InChI=1S/C23H23N3O6/c1-13-16(22(29)30)8-9-17-20(13)24(2)23(31)26(17)18-10-11-19(27)25(21(18)28)12-14-4-6-15(32-3)7-5-14/h4-9,18H,10-12H2,1-3H3,(H,29,30). The van der Waals surface area contributed by atoms with Gasteiger partial charge >= 0.3 is 11.7 Å². The number of carboxylic acids is 1. The van der Waals surface area contributed by atoms with E-state index in [0.29, 0.717) is 22.3 Å². The highest BCUT2D eigenvalue weighted by atomic mass is 16.5. The van der Waals surface area contributed by atoms with Crippen molar-refractivity contribution in [1.82, 2.24) is 14.0 Å². The van der Waals surface area contributed by atoms with Crippen molar-refractivity contribution in [2.75, 3.05) is 7.11 Å². The number of aryl methyl sites for hydroxylation is 2. The molecule has 2 aromatic carbocycles. The molecule has 1 aliphatic rings. The maximum Gasteiger partial charge on any atom is 0.336 e. The molecule has 1 fully saturated rings. The molecular formula is C23H23N3O6. The van der Waals surface area contributed by atoms with Crippen LogP contribution in [0.2, 0.25) is 0 Å². The maximum atomic E-state index is 13.3. The third-order valence-electron chi connectivity index (χ3n) is 6.02. The summed E-state index contributed by atoms with van der Waals surface area (Å²) in [5.41, 5.74) is 1.81. The molecule has 0 radical (unpaired) electrons. The predicted octanol–water partition coefficient (Wildman–Crippen LogP) is 2.25. The second kappa shape index (κ2) is 7.99. The Morgan fingerprint density at radius 1 is 1.12 bits per heavy atom. The van der Waals surface area contributed by atoms with Crippen molar-refractivity contribution in [3.8, 4) is 5.75 Å². The topological polar surface area (TPSA) is 111 Å². The summed E-state index contributed by atoms with van der Waals surface area (Å²) in [6.07, 6.45) is 0.330. The van der Waals surface area contributed by atoms with Crippen molar-refractivity contribution in [1.29, 1.82) is 0 Å². The zero-order valence-electron chi connectivity index (χ0n) is 18.0. The summed E-state index contributed by atoms with van der Waals surface area (Å²) in [5, 5.41) is 9.42. The van der Waals surface area contributed by atoms with Crippen LogP contribution < -0.4 is 10.4 Å². The largest absolute Gasteiger partial charge is 0.497 e. The second-order valence-electron chi connectivity index (χ2n) is 7.84. The molecule has 1 atom stereocenters. The van der Waals surface area contributed by atoms with Crippen LogP contribution in [0.4, 0.5) is 0 Å². The van der Waals surface area contributed by atoms with Crippen LogP contribution in [-0.4, -0.2) is 44.0 Å². The van der Waals surface area contributed by atoms with Gasteiger partial charge in [0.1, 0.15) is 11.8 Å². The number of carbonyl (C=O) groups excluding carboxylic acids is 2. The van der Waals surface area contributed by atoms with Gasteiger partial charge in [-0.3, -0.25) is 23.6 Å². The number of imidazole rings is 1. The summed E-state index contributed by atoms with van der Waals surface area (Å²) in [5.74, 6) is -1.16. The van der Waals surface area contributed by atoms with E-state index in [0.717, 1.165) is 5.56 Å². The molecule has 3 aromatic rings. The molecular weight excluding hydrogens is 414 g/mol. The van der Waals surface area contributed by atoms with Crippen molar-refractivity contribution in [2.24, 2.45) is 7.05 Å². The Hall–Kier alpha value is -3.88. The van der Waals surface area contributed by atoms with Gasteiger partial charge in [0.15, 0.2) is 0 Å². The monoisotopic (exact) mass is 437 g/mol. The van der Waals surface area contributed by atoms with E-state index in [1.807, 2.05) is 0 Å². The van der Waals surface area contributed by atoms with E-state index in [1.165, 1.54) is 20.1 Å². The van der Waals surface area contributed by atoms with Crippen LogP contribution >= 0.6 is 0 Å². The van der Waals surface area contributed by atoms with Crippen LogP contribution in [0.25, 0.3) is 11.0 Å². The van der Waals surface area contributed by atoms with E-state index in [2.05, 4.69) is 0 Å². The third-order valence-corrected chi connectivity index (χ3v) is 6.02. The van der Waals surface area contributed by atoms with Crippen LogP contribution in [0.15, 0.2) is 41.2 Å². The van der Waals surface area contributed by atoms with Crippen molar-refractivity contribution in [3.63, 3.8) is 0 Å². The number of aromatic carboxylic acids is 1. The normalized spacial score (nSPS) is 16.6. The van der Waals surface area contributed by atoms with E-state index < -0.39 is 23.6 Å². The number of hydrogen-bond acceptors (Lipinski definition) is 5. The van der Waals surface area contributed by atoms with Crippen molar-refractivity contribution >= 4 is 28.8 Å². The van der Waals surface area contributed by atoms with Crippen molar-refractivity contribution < 1.29 is 24.2 Å². The Labute approximate surface area is 183 Å². The van der Waals surface area contributed by atoms with Crippen LogP contribution in [0.3, 0.4) is 0 Å². The van der Waals surface area contributed by atoms with Gasteiger partial charge in [-0.2, -0.15) is 0 Å². The highest BCUT2D eigenvalue weighted by Crippen LogP contribution is 2.30. The smallest absolute Gasteiger partial charge is 0.336 e. The van der Waals surface area contributed by atoms with Crippen LogP contribution in [0.5, 0.6) is 5.75 Å². The molecule has 9 nitrogen and oxygen atoms in total. The first-order valence-corrected chi connectivity index (χ1v) is 10.2. The number of nitrogens with zero attached hydrogens (tertiary/aromatic N) is 3. The Bertz CT molecular complexity index is 1300. The summed E-state index contributed by atoms with van der Waals surface area (Å²) in [6, 6.07) is 9.20. The Kier molecular flexibility index (Phi) is 5.33. The van der Waals surface area contributed by atoms with Gasteiger partial charge in [0.2, 0.25) is 5.91 Å². The van der Waals surface area contributed by atoms with E-state index in [1.54, 1.807) is 51.4 Å². The van der Waals surface area contributed by atoms with Crippen LogP contribution in [0.1, 0.15) is 40.4 Å². The van der Waals surface area contributed by atoms with E-state index in [-0.39, 0.29) is 30.9 Å². The molecule has 1 aliphatic heterocycles. The molecule has 1 aromatic heterocycles. The van der Waals surface area contributed by atoms with Gasteiger partial charge in [-0.15, -0.1) is 0 Å². The Balaban J connectivity index is 1.75. The number of benzene rings is 2. The number of methoxy groups -OCH3 is 1. The summed E-state index contributed by atoms with van der Waals surface area (Å²) >= 11 is 0. The van der Waals surface area contributed by atoms with Gasteiger partial charge in [-0.1, -0.05) is 12.1 Å². The fraction of sp³-hybridized carbons (Fsp3) is 0.304. The summed E-state index contributed by atoms with van der Waals surface area (Å²) in [4.78, 5) is 51.7. The number of hydrogen-bond donors (Lipinski definition) is 1. The van der Waals surface area contributed by atoms with Gasteiger partial charge in [0.05, 0.1) is 30.3 Å². The molecule has 2 amide bonds. The Morgan fingerprint density at radius 3 is 2.44 bits per heavy atom. The van der Waals surface area contributed by atoms with Gasteiger partial charge in [0.25, 0.3) is 5.91 Å². The molecule has 0 spiro atoms. The lowest BCUT2D eigenvalue weighted by Gasteiger charge is -2.31. The maximum absolute atomic E-state index is 13.3. The minimum absolute atomic E-state index is 0.0940. The van der Waals surface area contributed by atoms with Gasteiger partial charge in [0, 0.05) is 13.5 Å². The van der Waals surface area contributed by atoms with Crippen LogP contribution in [0, 0.1) is 6.92 Å². The van der Waals surface area contributed by atoms with Crippen LogP contribution in [-0.2, 0) is 23.2 Å². The average molecular weight is 437 g/mol. The molecule has 1 N–H and O–H groups in total. The lowest BCUT2D eigenvalue weighted by Crippen LogP contribution is -2.47. The molecule has 1 unspecified atom stereocenters. The summed E-state index contributed by atoms with van der Waals surface area (Å²) < 4.78 is 7.88. The Morgan fingerprint density at radius 2 is 1.81 bits per heavy atom. The molecule has 4 rings (SSSR count). The zero-order chi connectivity index (χ0) is 23.2. The van der Waals surface area contributed by atoms with Gasteiger partial charge in [-0.25, -0.2) is 9.59 Å². The summed E-state index contributed by atoms with van der Waals surface area (Å²) in [6.45, 7) is 1.73. The summed E-state index contributed by atoms with van der Waals surface area (Å²) in [7, 11) is 3.10. The fourth-order valence-electron chi connectivity index (χ4n) is 4.34. The number of carbonyl (C=O) groups is 3. The molecule has 1 saturated heterocycles. The number of piperidine rings is 1. The van der Waals surface area contributed by atoms with Crippen molar-refractivity contribution in [3.05, 3.63) is 63.6 Å². The highest BCUT2D eigenvalue weighted by molar-refractivity contribution is 6.01. The molecule has 0 bridgehead atoms. The molecule has 9 heteroatoms. The molecule has 166 valence electrons. The number of imide groups is 1. The van der Waals surface area contributed by atoms with Gasteiger partial charge < -0.3 is 9.84 Å². The number of fused-ring (bicyclic) bond motifs is 1. The first kappa shape index (κ1) is 21.4. The number of aromatic nitrogens is 2. The third kappa shape index (κ3) is 3.35. The second-order valence-corrected chi connectivity index (χ2v) is 7.84. The molecule has 0 aliphatic carbocycles. The van der Waals surface area contributed by atoms with E-state index in [4.69, 9.17) is 4.74 Å². The average Bonchev–Trinajstić information content (AvgIpc) is 3.02. The first-order chi connectivity index (χ1) is 15.2. The molecule has 2 heterocycles. The lowest BCUT2D eigenvalue weighted by molar-refractivity contribution is -0.151. The first-order valence-electron chi connectivity index (χ1n) is 10.2. The quantitative estimate of drug-likeness (QED) is 0.613. The number of amides is 2. The number of carboxylic acid groups (broad SMARTS) is 1. The predicted molar refractivity (Wildman–Crippen MR) is 116 cm³/mol. The van der Waals surface area contributed by atoms with E-state index >= 15 is 0 Å². The minimum Gasteiger partial charge on any atom is -0.497 e. The van der Waals surface area contributed by atoms with E-state index in [9.17, 15) is 24.3 Å². The zero-order valence-corrected chi connectivity index (χ0v) is 18.0. The molecule has 0 saturated carbocycles. The molecule has 32 heavy (non-hydrogen) atoms. The minimum atomic E-state index is -1.09. The lowest BCUT2D eigenvalue weighted by atomic mass is 10.0. The fourth-order valence-corrected chi connectivity index (χ4v) is 4.34. The number of ether oxygens (including phenoxy) is 1. The number of likely N-dealkylation sites (tertiary alicyclic amines) is 1. The SMILES string of the molecule is COc1ccc(CN2C(=O)CCC(n3c(=O)n(C)c4c(C)c(C(=O)O)ccc43)C2=O)cc1. The highest BCUT2D eigenvalue weighted by Gasteiger charge is 2.37. The van der Waals surface area contributed by atoms with Crippen molar-refractivity contribution in [2.45, 2.75) is 32.4 Å². The number of rotatable bonds is 5.